The SMILES string of the molecule is O=C(CNC1CCCCCC1)Nc1ccc(Cl)cc1Cl. The van der Waals surface area contributed by atoms with E-state index in [1.165, 1.54) is 25.7 Å². The Balaban J connectivity index is 1.79. The number of amides is 1. The maximum atomic E-state index is 11.9. The summed E-state index contributed by atoms with van der Waals surface area (Å²) in [7, 11) is 0. The first-order chi connectivity index (χ1) is 9.65. The number of hydrogen-bond donors (Lipinski definition) is 2. The van der Waals surface area contributed by atoms with Crippen LogP contribution in [0.25, 0.3) is 0 Å². The molecule has 110 valence electrons. The second kappa shape index (κ2) is 7.87. The average Bonchev–Trinajstić information content (AvgIpc) is 2.68. The van der Waals surface area contributed by atoms with Crippen LogP contribution in [0.1, 0.15) is 38.5 Å². The highest BCUT2D eigenvalue weighted by Crippen LogP contribution is 2.25. The van der Waals surface area contributed by atoms with E-state index in [1.54, 1.807) is 18.2 Å². The van der Waals surface area contributed by atoms with E-state index >= 15 is 0 Å². The molecule has 5 heteroatoms. The fraction of sp³-hybridized carbons (Fsp3) is 0.533. The lowest BCUT2D eigenvalue weighted by Gasteiger charge is -2.16. The molecule has 1 aromatic carbocycles. The molecule has 0 saturated heterocycles. The molecular weight excluding hydrogens is 295 g/mol. The molecule has 0 aromatic heterocycles. The van der Waals surface area contributed by atoms with Gasteiger partial charge in [0.05, 0.1) is 17.3 Å². The third kappa shape index (κ3) is 4.97. The zero-order chi connectivity index (χ0) is 14.4. The van der Waals surface area contributed by atoms with E-state index < -0.39 is 0 Å². The van der Waals surface area contributed by atoms with Gasteiger partial charge >= 0.3 is 0 Å². The number of anilines is 1. The maximum Gasteiger partial charge on any atom is 0.238 e. The van der Waals surface area contributed by atoms with E-state index in [-0.39, 0.29) is 5.91 Å². The van der Waals surface area contributed by atoms with Crippen LogP contribution < -0.4 is 10.6 Å². The molecule has 2 rings (SSSR count). The number of carbonyl (C=O) groups is 1. The van der Waals surface area contributed by atoms with Gasteiger partial charge in [-0.15, -0.1) is 0 Å². The standard InChI is InChI=1S/C15H20Cl2N2O/c16-11-7-8-14(13(17)9-11)19-15(20)10-18-12-5-3-1-2-4-6-12/h7-9,12,18H,1-6,10H2,(H,19,20). The Morgan fingerprint density at radius 1 is 1.15 bits per heavy atom. The number of carbonyl (C=O) groups excluding carboxylic acids is 1. The zero-order valence-corrected chi connectivity index (χ0v) is 12.9. The second-order valence-corrected chi connectivity index (χ2v) is 6.09. The normalized spacial score (nSPS) is 16.7. The fourth-order valence-electron chi connectivity index (χ4n) is 2.51. The second-order valence-electron chi connectivity index (χ2n) is 5.24. The smallest absolute Gasteiger partial charge is 0.238 e. The minimum Gasteiger partial charge on any atom is -0.324 e. The highest BCUT2D eigenvalue weighted by molar-refractivity contribution is 6.36. The number of halogens is 2. The summed E-state index contributed by atoms with van der Waals surface area (Å²) in [5, 5.41) is 7.15. The summed E-state index contributed by atoms with van der Waals surface area (Å²) >= 11 is 11.8. The van der Waals surface area contributed by atoms with Gasteiger partial charge in [-0.05, 0) is 31.0 Å². The van der Waals surface area contributed by atoms with Crippen molar-refractivity contribution in [1.29, 1.82) is 0 Å². The van der Waals surface area contributed by atoms with Crippen LogP contribution in [0.3, 0.4) is 0 Å². The van der Waals surface area contributed by atoms with Gasteiger partial charge in [0.2, 0.25) is 5.91 Å². The van der Waals surface area contributed by atoms with Gasteiger partial charge in [0.25, 0.3) is 0 Å². The highest BCUT2D eigenvalue weighted by Gasteiger charge is 2.13. The van der Waals surface area contributed by atoms with Crippen LogP contribution in [0.2, 0.25) is 10.0 Å². The number of rotatable bonds is 4. The van der Waals surface area contributed by atoms with Crippen molar-refractivity contribution in [2.75, 3.05) is 11.9 Å². The summed E-state index contributed by atoms with van der Waals surface area (Å²) in [6.07, 6.45) is 7.45. The van der Waals surface area contributed by atoms with E-state index in [0.717, 1.165) is 12.8 Å². The van der Waals surface area contributed by atoms with Gasteiger partial charge < -0.3 is 10.6 Å². The van der Waals surface area contributed by atoms with Gasteiger partial charge in [-0.25, -0.2) is 0 Å². The summed E-state index contributed by atoms with van der Waals surface area (Å²) < 4.78 is 0. The third-order valence-corrected chi connectivity index (χ3v) is 4.16. The molecule has 20 heavy (non-hydrogen) atoms. The van der Waals surface area contributed by atoms with Gasteiger partial charge in [-0.3, -0.25) is 4.79 Å². The Hall–Kier alpha value is -0.770. The molecule has 0 spiro atoms. The first kappa shape index (κ1) is 15.6. The molecule has 1 aliphatic carbocycles. The highest BCUT2D eigenvalue weighted by atomic mass is 35.5. The van der Waals surface area contributed by atoms with Crippen molar-refractivity contribution in [1.82, 2.24) is 5.32 Å². The molecule has 0 radical (unpaired) electrons. The predicted octanol–water partition coefficient (Wildman–Crippen LogP) is 4.24. The summed E-state index contributed by atoms with van der Waals surface area (Å²) in [6.45, 7) is 0.323. The zero-order valence-electron chi connectivity index (χ0n) is 11.4. The van der Waals surface area contributed by atoms with Gasteiger partial charge in [0, 0.05) is 11.1 Å². The van der Waals surface area contributed by atoms with Crippen molar-refractivity contribution in [3.63, 3.8) is 0 Å². The summed E-state index contributed by atoms with van der Waals surface area (Å²) in [5.74, 6) is -0.0709. The Morgan fingerprint density at radius 3 is 2.50 bits per heavy atom. The first-order valence-electron chi connectivity index (χ1n) is 7.13. The topological polar surface area (TPSA) is 41.1 Å². The largest absolute Gasteiger partial charge is 0.324 e. The minimum absolute atomic E-state index is 0.0709. The summed E-state index contributed by atoms with van der Waals surface area (Å²) in [5.41, 5.74) is 0.601. The molecular formula is C15H20Cl2N2O. The summed E-state index contributed by atoms with van der Waals surface area (Å²) in [6, 6.07) is 5.51. The van der Waals surface area contributed by atoms with Gasteiger partial charge in [0.1, 0.15) is 0 Å². The molecule has 0 unspecified atom stereocenters. The van der Waals surface area contributed by atoms with E-state index in [9.17, 15) is 4.79 Å². The molecule has 0 aliphatic heterocycles. The lowest BCUT2D eigenvalue weighted by molar-refractivity contribution is -0.115. The Labute approximate surface area is 130 Å². The molecule has 1 aliphatic rings. The molecule has 0 heterocycles. The van der Waals surface area contributed by atoms with E-state index in [1.807, 2.05) is 0 Å². The van der Waals surface area contributed by atoms with Crippen molar-refractivity contribution < 1.29 is 4.79 Å². The fourth-order valence-corrected chi connectivity index (χ4v) is 2.96. The lowest BCUT2D eigenvalue weighted by Crippen LogP contribution is -2.35. The molecule has 2 N–H and O–H groups in total. The van der Waals surface area contributed by atoms with Crippen molar-refractivity contribution in [2.24, 2.45) is 0 Å². The van der Waals surface area contributed by atoms with Gasteiger partial charge in [-0.2, -0.15) is 0 Å². The van der Waals surface area contributed by atoms with Crippen LogP contribution in [0.5, 0.6) is 0 Å². The molecule has 1 fully saturated rings. The molecule has 0 atom stereocenters. The lowest BCUT2D eigenvalue weighted by atomic mass is 10.1. The van der Waals surface area contributed by atoms with Crippen LogP contribution in [0.4, 0.5) is 5.69 Å². The average molecular weight is 315 g/mol. The van der Waals surface area contributed by atoms with Crippen LogP contribution in [0.15, 0.2) is 18.2 Å². The minimum atomic E-state index is -0.0709. The first-order valence-corrected chi connectivity index (χ1v) is 7.89. The Morgan fingerprint density at radius 2 is 1.85 bits per heavy atom. The monoisotopic (exact) mass is 314 g/mol. The molecule has 1 aromatic rings. The maximum absolute atomic E-state index is 11.9. The van der Waals surface area contributed by atoms with Crippen LogP contribution >= 0.6 is 23.2 Å². The third-order valence-electron chi connectivity index (χ3n) is 3.61. The molecule has 3 nitrogen and oxygen atoms in total. The quantitative estimate of drug-likeness (QED) is 0.816. The molecule has 1 saturated carbocycles. The van der Waals surface area contributed by atoms with Crippen molar-refractivity contribution >= 4 is 34.8 Å². The van der Waals surface area contributed by atoms with Gasteiger partial charge in [0.15, 0.2) is 0 Å². The van der Waals surface area contributed by atoms with Crippen LogP contribution in [-0.4, -0.2) is 18.5 Å². The van der Waals surface area contributed by atoms with Crippen molar-refractivity contribution in [3.05, 3.63) is 28.2 Å². The number of hydrogen-bond acceptors (Lipinski definition) is 2. The van der Waals surface area contributed by atoms with Crippen LogP contribution in [-0.2, 0) is 4.79 Å². The molecule has 0 bridgehead atoms. The van der Waals surface area contributed by atoms with Crippen molar-refractivity contribution in [3.8, 4) is 0 Å². The van der Waals surface area contributed by atoms with E-state index in [0.29, 0.717) is 28.3 Å². The van der Waals surface area contributed by atoms with Crippen molar-refractivity contribution in [2.45, 2.75) is 44.6 Å². The number of nitrogens with one attached hydrogen (secondary N) is 2. The van der Waals surface area contributed by atoms with E-state index in [2.05, 4.69) is 10.6 Å². The van der Waals surface area contributed by atoms with E-state index in [4.69, 9.17) is 23.2 Å². The Bertz CT molecular complexity index is 457. The number of benzene rings is 1. The van der Waals surface area contributed by atoms with Gasteiger partial charge in [-0.1, -0.05) is 48.9 Å². The molecule has 1 amide bonds. The Kier molecular flexibility index (Phi) is 6.14. The summed E-state index contributed by atoms with van der Waals surface area (Å²) in [4.78, 5) is 11.9. The predicted molar refractivity (Wildman–Crippen MR) is 84.6 cm³/mol. The van der Waals surface area contributed by atoms with Crippen LogP contribution in [0, 0.1) is 0 Å².